The zero-order valence-corrected chi connectivity index (χ0v) is 11.6. The number of anilines is 1. The molecule has 0 saturated carbocycles. The molecule has 5 heteroatoms. The third-order valence-corrected chi connectivity index (χ3v) is 3.11. The molecular weight excluding hydrogens is 242 g/mol. The Balaban J connectivity index is 2.41. The summed E-state index contributed by atoms with van der Waals surface area (Å²) in [5.41, 5.74) is 6.40. The van der Waals surface area contributed by atoms with Crippen LogP contribution in [-0.4, -0.2) is 42.1 Å². The topological polar surface area (TPSA) is 78.6 Å². The molecule has 0 radical (unpaired) electrons. The summed E-state index contributed by atoms with van der Waals surface area (Å²) in [4.78, 5) is 14.2. The third kappa shape index (κ3) is 4.79. The highest BCUT2D eigenvalue weighted by Crippen LogP contribution is 2.18. The minimum Gasteiger partial charge on any atom is -0.508 e. The van der Waals surface area contributed by atoms with E-state index >= 15 is 0 Å². The lowest BCUT2D eigenvalue weighted by Crippen LogP contribution is -2.30. The number of carbonyl (C=O) groups excluding carboxylic acids is 1. The Kier molecular flexibility index (Phi) is 6.15. The second kappa shape index (κ2) is 7.63. The number of nitrogens with zero attached hydrogens (tertiary/aromatic N) is 1. The molecule has 0 heterocycles. The van der Waals surface area contributed by atoms with Crippen LogP contribution in [-0.2, 0) is 0 Å². The standard InChI is InChI=1S/C14H23N3O2/c1-3-17(4-2)9-5-8-16-14(19)12-10-11(18)6-7-13(12)15/h6-7,10,18H,3-5,8-9,15H2,1-2H3,(H,16,19). The number of amides is 1. The lowest BCUT2D eigenvalue weighted by Gasteiger charge is -2.17. The van der Waals surface area contributed by atoms with Gasteiger partial charge in [-0.25, -0.2) is 0 Å². The van der Waals surface area contributed by atoms with Crippen molar-refractivity contribution in [3.05, 3.63) is 23.8 Å². The quantitative estimate of drug-likeness (QED) is 0.396. The molecule has 0 aliphatic rings. The largest absolute Gasteiger partial charge is 0.508 e. The third-order valence-electron chi connectivity index (χ3n) is 3.11. The number of rotatable bonds is 7. The lowest BCUT2D eigenvalue weighted by atomic mass is 10.1. The van der Waals surface area contributed by atoms with Crippen molar-refractivity contribution in [2.45, 2.75) is 20.3 Å². The number of benzene rings is 1. The normalized spacial score (nSPS) is 10.7. The number of carbonyl (C=O) groups is 1. The number of nitrogens with two attached hydrogens (primary N) is 1. The number of nitrogen functional groups attached to an aromatic ring is 1. The summed E-state index contributed by atoms with van der Waals surface area (Å²) in [7, 11) is 0. The molecule has 0 aliphatic carbocycles. The molecular formula is C14H23N3O2. The zero-order valence-electron chi connectivity index (χ0n) is 11.6. The van der Waals surface area contributed by atoms with Crippen molar-refractivity contribution in [1.29, 1.82) is 0 Å². The summed E-state index contributed by atoms with van der Waals surface area (Å²) in [6, 6.07) is 4.38. The number of aromatic hydroxyl groups is 1. The maximum Gasteiger partial charge on any atom is 0.253 e. The highest BCUT2D eigenvalue weighted by atomic mass is 16.3. The first kappa shape index (κ1) is 15.3. The first-order valence-electron chi connectivity index (χ1n) is 6.67. The molecule has 1 amide bonds. The molecule has 0 fully saturated rings. The van der Waals surface area contributed by atoms with Crippen molar-refractivity contribution < 1.29 is 9.90 Å². The predicted octanol–water partition coefficient (Wildman–Crippen LogP) is 1.44. The van der Waals surface area contributed by atoms with E-state index in [1.165, 1.54) is 18.2 Å². The van der Waals surface area contributed by atoms with Crippen LogP contribution in [0.25, 0.3) is 0 Å². The van der Waals surface area contributed by atoms with Gasteiger partial charge in [0.1, 0.15) is 5.75 Å². The van der Waals surface area contributed by atoms with Gasteiger partial charge in [0, 0.05) is 12.2 Å². The van der Waals surface area contributed by atoms with E-state index in [4.69, 9.17) is 5.73 Å². The van der Waals surface area contributed by atoms with E-state index in [2.05, 4.69) is 24.1 Å². The Morgan fingerprint density at radius 1 is 1.37 bits per heavy atom. The van der Waals surface area contributed by atoms with Gasteiger partial charge in [0.25, 0.3) is 5.91 Å². The summed E-state index contributed by atoms with van der Waals surface area (Å²) in [6.07, 6.45) is 0.895. The molecule has 0 bridgehead atoms. The van der Waals surface area contributed by atoms with Gasteiger partial charge in [-0.15, -0.1) is 0 Å². The Hall–Kier alpha value is -1.75. The first-order chi connectivity index (χ1) is 9.08. The summed E-state index contributed by atoms with van der Waals surface area (Å²) >= 11 is 0. The molecule has 1 aromatic rings. The average molecular weight is 265 g/mol. The van der Waals surface area contributed by atoms with Crippen LogP contribution >= 0.6 is 0 Å². The summed E-state index contributed by atoms with van der Waals surface area (Å²) in [5.74, 6) is -0.199. The van der Waals surface area contributed by atoms with Crippen molar-refractivity contribution in [2.24, 2.45) is 0 Å². The minimum absolute atomic E-state index is 0.0440. The number of phenolic OH excluding ortho intramolecular Hbond substituents is 1. The van der Waals surface area contributed by atoms with Gasteiger partial charge in [-0.1, -0.05) is 13.8 Å². The van der Waals surface area contributed by atoms with E-state index in [9.17, 15) is 9.90 Å². The van der Waals surface area contributed by atoms with E-state index in [0.717, 1.165) is 26.1 Å². The molecule has 5 nitrogen and oxygen atoms in total. The Bertz CT molecular complexity index is 417. The molecule has 4 N–H and O–H groups in total. The zero-order chi connectivity index (χ0) is 14.3. The van der Waals surface area contributed by atoms with Crippen LogP contribution in [0.5, 0.6) is 5.75 Å². The van der Waals surface area contributed by atoms with Crippen LogP contribution in [0.1, 0.15) is 30.6 Å². The van der Waals surface area contributed by atoms with E-state index in [1.807, 2.05) is 0 Å². The van der Waals surface area contributed by atoms with Crippen LogP contribution in [0, 0.1) is 0 Å². The maximum absolute atomic E-state index is 11.9. The smallest absolute Gasteiger partial charge is 0.253 e. The molecule has 0 aromatic heterocycles. The second-order valence-corrected chi connectivity index (χ2v) is 4.41. The van der Waals surface area contributed by atoms with E-state index in [-0.39, 0.29) is 11.7 Å². The van der Waals surface area contributed by atoms with E-state index in [0.29, 0.717) is 17.8 Å². The van der Waals surface area contributed by atoms with E-state index in [1.54, 1.807) is 0 Å². The van der Waals surface area contributed by atoms with Crippen LogP contribution < -0.4 is 11.1 Å². The highest BCUT2D eigenvalue weighted by Gasteiger charge is 2.10. The van der Waals surface area contributed by atoms with Crippen molar-refractivity contribution in [3.8, 4) is 5.75 Å². The number of hydrogen-bond donors (Lipinski definition) is 3. The monoisotopic (exact) mass is 265 g/mol. The van der Waals surface area contributed by atoms with E-state index < -0.39 is 0 Å². The summed E-state index contributed by atoms with van der Waals surface area (Å²) < 4.78 is 0. The molecule has 0 aliphatic heterocycles. The predicted molar refractivity (Wildman–Crippen MR) is 77.3 cm³/mol. The Labute approximate surface area is 114 Å². The fourth-order valence-corrected chi connectivity index (χ4v) is 1.88. The molecule has 106 valence electrons. The molecule has 0 saturated heterocycles. The SMILES string of the molecule is CCN(CC)CCCNC(=O)c1cc(O)ccc1N. The molecule has 0 atom stereocenters. The summed E-state index contributed by atoms with van der Waals surface area (Å²) in [5, 5.41) is 12.2. The number of phenols is 1. The lowest BCUT2D eigenvalue weighted by molar-refractivity contribution is 0.0952. The van der Waals surface area contributed by atoms with Gasteiger partial charge in [-0.05, 0) is 44.3 Å². The van der Waals surface area contributed by atoms with Gasteiger partial charge < -0.3 is 21.1 Å². The minimum atomic E-state index is -0.243. The van der Waals surface area contributed by atoms with Gasteiger partial charge in [0.2, 0.25) is 0 Å². The number of hydrogen-bond acceptors (Lipinski definition) is 4. The van der Waals surface area contributed by atoms with Crippen LogP contribution in [0.4, 0.5) is 5.69 Å². The van der Waals surface area contributed by atoms with Crippen molar-refractivity contribution in [1.82, 2.24) is 10.2 Å². The van der Waals surface area contributed by atoms with Gasteiger partial charge in [0.05, 0.1) is 5.56 Å². The van der Waals surface area contributed by atoms with Gasteiger partial charge in [-0.3, -0.25) is 4.79 Å². The molecule has 0 unspecified atom stereocenters. The average Bonchev–Trinajstić information content (AvgIpc) is 2.41. The molecule has 1 rings (SSSR count). The highest BCUT2D eigenvalue weighted by molar-refractivity contribution is 5.99. The van der Waals surface area contributed by atoms with Crippen molar-refractivity contribution >= 4 is 11.6 Å². The molecule has 0 spiro atoms. The van der Waals surface area contributed by atoms with Crippen LogP contribution in [0.3, 0.4) is 0 Å². The second-order valence-electron chi connectivity index (χ2n) is 4.41. The van der Waals surface area contributed by atoms with Crippen LogP contribution in [0.2, 0.25) is 0 Å². The van der Waals surface area contributed by atoms with Gasteiger partial charge in [-0.2, -0.15) is 0 Å². The maximum atomic E-state index is 11.9. The van der Waals surface area contributed by atoms with Crippen LogP contribution in [0.15, 0.2) is 18.2 Å². The Morgan fingerprint density at radius 3 is 2.68 bits per heavy atom. The summed E-state index contributed by atoms with van der Waals surface area (Å²) in [6.45, 7) is 7.84. The van der Waals surface area contributed by atoms with Gasteiger partial charge >= 0.3 is 0 Å². The number of nitrogens with one attached hydrogen (secondary N) is 1. The Morgan fingerprint density at radius 2 is 2.05 bits per heavy atom. The molecule has 1 aromatic carbocycles. The van der Waals surface area contributed by atoms with Crippen molar-refractivity contribution in [2.75, 3.05) is 31.9 Å². The molecule has 19 heavy (non-hydrogen) atoms. The fourth-order valence-electron chi connectivity index (χ4n) is 1.88. The van der Waals surface area contributed by atoms with Crippen molar-refractivity contribution in [3.63, 3.8) is 0 Å². The fraction of sp³-hybridized carbons (Fsp3) is 0.500. The van der Waals surface area contributed by atoms with Gasteiger partial charge in [0.15, 0.2) is 0 Å². The first-order valence-corrected chi connectivity index (χ1v) is 6.67.